The summed E-state index contributed by atoms with van der Waals surface area (Å²) in [5.41, 5.74) is 8.04. The fourth-order valence-electron chi connectivity index (χ4n) is 2.43. The molecule has 1 aliphatic carbocycles. The van der Waals surface area contributed by atoms with Gasteiger partial charge in [-0.15, -0.1) is 0 Å². The molecular formula is C19H20N2O3. The lowest BCUT2D eigenvalue weighted by Crippen LogP contribution is -2.33. The first-order valence-corrected chi connectivity index (χ1v) is 7.97. The largest absolute Gasteiger partial charge is 0.444 e. The Balaban J connectivity index is 1.84. The average Bonchev–Trinajstić information content (AvgIpc) is 3.39. The van der Waals surface area contributed by atoms with Crippen LogP contribution in [0.25, 0.3) is 0 Å². The van der Waals surface area contributed by atoms with Gasteiger partial charge in [0.25, 0.3) is 5.91 Å². The van der Waals surface area contributed by atoms with Crippen molar-refractivity contribution in [2.24, 2.45) is 0 Å². The molecule has 1 fully saturated rings. The van der Waals surface area contributed by atoms with Crippen LogP contribution in [-0.4, -0.2) is 17.9 Å². The van der Waals surface area contributed by atoms with Crippen molar-refractivity contribution in [1.29, 1.82) is 0 Å². The van der Waals surface area contributed by atoms with Crippen molar-refractivity contribution in [2.45, 2.75) is 31.9 Å². The van der Waals surface area contributed by atoms with Crippen molar-refractivity contribution in [3.05, 3.63) is 65.2 Å². The Morgan fingerprint density at radius 2 is 1.83 bits per heavy atom. The molecule has 3 rings (SSSR count). The molecule has 0 heterocycles. The number of amides is 1. The van der Waals surface area contributed by atoms with Crippen LogP contribution in [0.3, 0.4) is 0 Å². The summed E-state index contributed by atoms with van der Waals surface area (Å²) >= 11 is 0. The van der Waals surface area contributed by atoms with E-state index in [1.165, 1.54) is 0 Å². The quantitative estimate of drug-likeness (QED) is 0.654. The maximum atomic E-state index is 12.5. The Hall–Kier alpha value is -2.82. The number of para-hydroxylation sites is 1. The fraction of sp³-hybridized carbons (Fsp3) is 0.263. The van der Waals surface area contributed by atoms with Gasteiger partial charge in [0, 0.05) is 17.3 Å². The SMILES string of the molecule is Cc1cccc(C(=O)O[C@H](C(=O)NC2CC2)c2ccccc2)c1N. The van der Waals surface area contributed by atoms with Crippen molar-refractivity contribution in [3.8, 4) is 0 Å². The molecule has 5 nitrogen and oxygen atoms in total. The van der Waals surface area contributed by atoms with E-state index < -0.39 is 12.1 Å². The molecule has 0 aliphatic heterocycles. The summed E-state index contributed by atoms with van der Waals surface area (Å²) in [5, 5.41) is 2.89. The van der Waals surface area contributed by atoms with Crippen LogP contribution in [0.5, 0.6) is 0 Å². The highest BCUT2D eigenvalue weighted by molar-refractivity contribution is 5.97. The van der Waals surface area contributed by atoms with E-state index >= 15 is 0 Å². The number of rotatable bonds is 5. The molecule has 1 aliphatic rings. The second-order valence-electron chi connectivity index (χ2n) is 6.02. The Morgan fingerprint density at radius 1 is 1.12 bits per heavy atom. The minimum Gasteiger partial charge on any atom is -0.444 e. The molecule has 124 valence electrons. The molecule has 5 heteroatoms. The molecule has 0 radical (unpaired) electrons. The highest BCUT2D eigenvalue weighted by Crippen LogP contribution is 2.25. The van der Waals surface area contributed by atoms with Crippen LogP contribution in [0.15, 0.2) is 48.5 Å². The van der Waals surface area contributed by atoms with Crippen LogP contribution in [0.4, 0.5) is 5.69 Å². The maximum absolute atomic E-state index is 12.5. The smallest absolute Gasteiger partial charge is 0.341 e. The fourth-order valence-corrected chi connectivity index (χ4v) is 2.43. The number of nitrogen functional groups attached to an aromatic ring is 1. The molecule has 0 aromatic heterocycles. The second-order valence-corrected chi connectivity index (χ2v) is 6.02. The molecule has 24 heavy (non-hydrogen) atoms. The minimum atomic E-state index is -0.987. The average molecular weight is 324 g/mol. The van der Waals surface area contributed by atoms with E-state index in [9.17, 15) is 9.59 Å². The topological polar surface area (TPSA) is 81.4 Å². The molecule has 0 spiro atoms. The summed E-state index contributed by atoms with van der Waals surface area (Å²) in [4.78, 5) is 25.0. The summed E-state index contributed by atoms with van der Waals surface area (Å²) in [6.45, 7) is 1.82. The summed E-state index contributed by atoms with van der Waals surface area (Å²) in [5.74, 6) is -0.903. The third-order valence-corrected chi connectivity index (χ3v) is 4.03. The van der Waals surface area contributed by atoms with Crippen molar-refractivity contribution < 1.29 is 14.3 Å². The first kappa shape index (κ1) is 16.1. The molecule has 1 atom stereocenters. The summed E-state index contributed by atoms with van der Waals surface area (Å²) in [6.07, 6.45) is 0.942. The Morgan fingerprint density at radius 3 is 2.50 bits per heavy atom. The van der Waals surface area contributed by atoms with E-state index in [1.54, 1.807) is 24.3 Å². The molecule has 2 aromatic rings. The summed E-state index contributed by atoms with van der Waals surface area (Å²) < 4.78 is 5.52. The van der Waals surface area contributed by atoms with E-state index in [1.807, 2.05) is 31.2 Å². The van der Waals surface area contributed by atoms with Gasteiger partial charge < -0.3 is 15.8 Å². The summed E-state index contributed by atoms with van der Waals surface area (Å²) in [6, 6.07) is 14.3. The second kappa shape index (κ2) is 6.74. The standard InChI is InChI=1S/C19H20N2O3/c1-12-6-5-9-15(16(12)20)19(23)24-17(13-7-3-2-4-8-13)18(22)21-14-10-11-14/h2-9,14,17H,10-11,20H2,1H3,(H,21,22)/t17-/m0/s1. The number of hydrogen-bond donors (Lipinski definition) is 2. The Kier molecular flexibility index (Phi) is 4.51. The van der Waals surface area contributed by atoms with Gasteiger partial charge in [-0.2, -0.15) is 0 Å². The third-order valence-electron chi connectivity index (χ3n) is 4.03. The molecule has 0 bridgehead atoms. The van der Waals surface area contributed by atoms with Gasteiger partial charge in [-0.1, -0.05) is 42.5 Å². The van der Waals surface area contributed by atoms with Crippen LogP contribution in [0.1, 0.15) is 40.4 Å². The van der Waals surface area contributed by atoms with Gasteiger partial charge >= 0.3 is 5.97 Å². The summed E-state index contributed by atoms with van der Waals surface area (Å²) in [7, 11) is 0. The lowest BCUT2D eigenvalue weighted by atomic mass is 10.1. The number of hydrogen-bond acceptors (Lipinski definition) is 4. The number of carbonyl (C=O) groups excluding carboxylic acids is 2. The van der Waals surface area contributed by atoms with Gasteiger partial charge in [-0.05, 0) is 31.4 Å². The van der Waals surface area contributed by atoms with Crippen LogP contribution in [-0.2, 0) is 9.53 Å². The van der Waals surface area contributed by atoms with Crippen LogP contribution in [0, 0.1) is 6.92 Å². The van der Waals surface area contributed by atoms with Crippen molar-refractivity contribution in [2.75, 3.05) is 5.73 Å². The zero-order chi connectivity index (χ0) is 17.1. The van der Waals surface area contributed by atoms with Crippen LogP contribution in [0.2, 0.25) is 0 Å². The number of benzene rings is 2. The van der Waals surface area contributed by atoms with Crippen molar-refractivity contribution in [3.63, 3.8) is 0 Å². The van der Waals surface area contributed by atoms with E-state index in [0.717, 1.165) is 18.4 Å². The monoisotopic (exact) mass is 324 g/mol. The predicted octanol–water partition coefficient (Wildman–Crippen LogP) is 2.75. The Bertz CT molecular complexity index is 754. The highest BCUT2D eigenvalue weighted by Gasteiger charge is 2.31. The highest BCUT2D eigenvalue weighted by atomic mass is 16.5. The number of esters is 1. The van der Waals surface area contributed by atoms with E-state index in [4.69, 9.17) is 10.5 Å². The number of nitrogens with two attached hydrogens (primary N) is 1. The molecule has 3 N–H and O–H groups in total. The van der Waals surface area contributed by atoms with Gasteiger partial charge in [0.2, 0.25) is 6.10 Å². The number of carbonyl (C=O) groups is 2. The van der Waals surface area contributed by atoms with Gasteiger partial charge in [-0.3, -0.25) is 4.79 Å². The van der Waals surface area contributed by atoms with E-state index in [0.29, 0.717) is 11.3 Å². The zero-order valence-corrected chi connectivity index (χ0v) is 13.5. The lowest BCUT2D eigenvalue weighted by molar-refractivity contribution is -0.130. The zero-order valence-electron chi connectivity index (χ0n) is 13.5. The van der Waals surface area contributed by atoms with Gasteiger partial charge in [0.1, 0.15) is 0 Å². The molecule has 0 saturated heterocycles. The molecule has 1 saturated carbocycles. The molecule has 0 unspecified atom stereocenters. The van der Waals surface area contributed by atoms with Gasteiger partial charge in [-0.25, -0.2) is 4.79 Å². The first-order chi connectivity index (χ1) is 11.6. The van der Waals surface area contributed by atoms with Crippen LogP contribution >= 0.6 is 0 Å². The van der Waals surface area contributed by atoms with Gasteiger partial charge in [0.15, 0.2) is 0 Å². The normalized spacial score (nSPS) is 14.7. The van der Waals surface area contributed by atoms with E-state index in [-0.39, 0.29) is 17.5 Å². The number of ether oxygens (including phenoxy) is 1. The maximum Gasteiger partial charge on any atom is 0.341 e. The molecule has 2 aromatic carbocycles. The Labute approximate surface area is 140 Å². The van der Waals surface area contributed by atoms with Gasteiger partial charge in [0.05, 0.1) is 5.56 Å². The third kappa shape index (κ3) is 3.56. The van der Waals surface area contributed by atoms with Crippen molar-refractivity contribution in [1.82, 2.24) is 5.32 Å². The number of aryl methyl sites for hydroxylation is 1. The number of nitrogens with one attached hydrogen (secondary N) is 1. The van der Waals surface area contributed by atoms with Crippen LogP contribution < -0.4 is 11.1 Å². The minimum absolute atomic E-state index is 0.187. The number of anilines is 1. The molecular weight excluding hydrogens is 304 g/mol. The lowest BCUT2D eigenvalue weighted by Gasteiger charge is -2.18. The predicted molar refractivity (Wildman–Crippen MR) is 91.4 cm³/mol. The van der Waals surface area contributed by atoms with E-state index in [2.05, 4.69) is 5.32 Å². The first-order valence-electron chi connectivity index (χ1n) is 7.97. The van der Waals surface area contributed by atoms with Crippen molar-refractivity contribution >= 4 is 17.6 Å². The molecule has 1 amide bonds.